The molecule has 0 saturated carbocycles. The second kappa shape index (κ2) is 65.4. The summed E-state index contributed by atoms with van der Waals surface area (Å²) in [6, 6.07) is 73.9. The molecular formula is C106H128O32S5. The minimum Gasteiger partial charge on any atom is -0.508 e. The highest BCUT2D eigenvalue weighted by Gasteiger charge is 2.18. The molecule has 14 aromatic rings. The average molecular weight is 2070 g/mol. The molecule has 0 spiro atoms. The van der Waals surface area contributed by atoms with Crippen molar-refractivity contribution in [2.24, 2.45) is 0 Å². The Balaban J connectivity index is 0. The fourth-order valence-corrected chi connectivity index (χ4v) is 13.4. The maximum absolute atomic E-state index is 11.0. The number of aromatic carboxylic acids is 5. The van der Waals surface area contributed by atoms with Crippen LogP contribution in [0.25, 0.3) is 43.1 Å². The molecule has 0 bridgehead atoms. The molecule has 0 aliphatic rings. The van der Waals surface area contributed by atoms with Gasteiger partial charge in [0.2, 0.25) is 0 Å². The quantitative estimate of drug-likeness (QED) is 0.0355. The first-order valence-corrected chi connectivity index (χ1v) is 51.1. The van der Waals surface area contributed by atoms with Gasteiger partial charge in [0.05, 0.1) is 42.5 Å². The number of rotatable bonds is 14. The van der Waals surface area contributed by atoms with Gasteiger partial charge in [-0.05, 0) is 254 Å². The fraction of sp³-hybridized carbons (Fsp3) is 0.236. The van der Waals surface area contributed by atoms with Crippen molar-refractivity contribution in [3.8, 4) is 40.2 Å². The number of carbonyl (C=O) groups is 5. The molecule has 0 radical (unpaired) electrons. The van der Waals surface area contributed by atoms with Gasteiger partial charge in [-0.2, -0.15) is 33.7 Å². The molecule has 0 aliphatic carbocycles. The van der Waals surface area contributed by atoms with Crippen LogP contribution in [0.4, 0.5) is 0 Å². The van der Waals surface area contributed by atoms with Gasteiger partial charge in [-0.15, -0.1) is 12.6 Å². The Morgan fingerprint density at radius 3 is 0.755 bits per heavy atom. The van der Waals surface area contributed by atoms with Crippen molar-refractivity contribution in [2.45, 2.75) is 188 Å². The molecule has 0 amide bonds. The first-order chi connectivity index (χ1) is 66.9. The van der Waals surface area contributed by atoms with Crippen LogP contribution in [0.1, 0.15) is 248 Å². The second-order valence-corrected chi connectivity index (χ2v) is 35.9. The number of carboxylic acids is 5. The molecule has 0 atom stereocenters. The number of hydrogen-bond donors (Lipinski definition) is 16. The van der Waals surface area contributed by atoms with Crippen molar-refractivity contribution in [3.63, 3.8) is 0 Å². The summed E-state index contributed by atoms with van der Waals surface area (Å²) in [7, 11) is -20.0. The number of aromatic hydroxyl groups is 7. The van der Waals surface area contributed by atoms with Crippen LogP contribution in [0.2, 0.25) is 0 Å². The predicted octanol–water partition coefficient (Wildman–Crippen LogP) is 24.6. The third-order valence-corrected chi connectivity index (χ3v) is 22.0. The third kappa shape index (κ3) is 48.4. The van der Waals surface area contributed by atoms with E-state index in [0.717, 1.165) is 22.9 Å². The molecule has 0 aliphatic heterocycles. The molecule has 774 valence electrons. The second-order valence-electron chi connectivity index (χ2n) is 29.9. The van der Waals surface area contributed by atoms with Gasteiger partial charge in [0.1, 0.15) is 33.6 Å². The first-order valence-electron chi connectivity index (χ1n) is 44.3. The van der Waals surface area contributed by atoms with Gasteiger partial charge >= 0.3 is 40.5 Å². The summed E-state index contributed by atoms with van der Waals surface area (Å²) in [5, 5.41) is 112. The highest BCUT2D eigenvalue weighted by atomic mass is 32.2. The van der Waals surface area contributed by atoms with Gasteiger partial charge in [0.15, 0.2) is 11.5 Å². The van der Waals surface area contributed by atoms with E-state index < -0.39 is 80.9 Å². The van der Waals surface area contributed by atoms with Crippen LogP contribution in [-0.2, 0) is 51.1 Å². The zero-order valence-electron chi connectivity index (χ0n) is 82.8. The van der Waals surface area contributed by atoms with Crippen molar-refractivity contribution in [1.29, 1.82) is 0 Å². The SMILES string of the molecule is CC.CC.CC.CC.CC.CC(C)c1ccc(C(=O)O)cc1.CC(C)c1ccc(C(=O)O)cc1.CC(C)c1ccc(C(=O)O)cc1.CC(C)c1ccc(C(=O)O)cc1.CC(C)c1ccc(C(=O)O)cc1.O=S(=O)(O)c1ccc(O)cc1.O=S(=O)(O)c1ccc2cc(O)c(O)cc2c1.O=S(=O)(O)c1ccc2ccc(O)cc2c1.O=S(=O)(O)c1cccc2cccc(O)c12.O=S(=O)=O.Oc1ccc2cccc(O)c2c1. The van der Waals surface area contributed by atoms with Crippen LogP contribution < -0.4 is 0 Å². The normalized spacial score (nSPS) is 10.2. The summed E-state index contributed by atoms with van der Waals surface area (Å²) in [5.74, 6) is -2.52. The lowest BCUT2D eigenvalue weighted by Crippen LogP contribution is -1.98. The van der Waals surface area contributed by atoms with Crippen LogP contribution in [-0.4, -0.2) is 156 Å². The van der Waals surface area contributed by atoms with Crippen molar-refractivity contribution in [2.75, 3.05) is 0 Å². The highest BCUT2D eigenvalue weighted by Crippen LogP contribution is 2.34. The topological polar surface area (TPSA) is 597 Å². The maximum Gasteiger partial charge on any atom is 0.425 e. The Labute approximate surface area is 837 Å². The molecule has 0 unspecified atom stereocenters. The van der Waals surface area contributed by atoms with E-state index in [1.54, 1.807) is 121 Å². The van der Waals surface area contributed by atoms with E-state index in [0.29, 0.717) is 84.3 Å². The molecule has 0 saturated heterocycles. The number of phenolic OH excluding ortho intramolecular Hbond substituents is 7. The molecule has 0 fully saturated rings. The standard InChI is InChI=1S/C10H8O5S.2C10H8O4S.C10H8O2.5C10H12O2.C6H6O4S.5C2H6.O3S/c11-9-4-6-1-2-8(16(13,14)15)3-7(6)5-10(9)12;11-9-3-1-7-2-4-10(15(12,13)14)6-8(7)5-9;11-8-5-1-3-7-4-2-6-9(10(7)8)15(12,13)14;11-8-5-4-7-2-1-3-10(12)9(7)6-8;5*1-7(2)8-3-5-9(6-4-8)10(11)12;7-5-1-3-6(4-2-5)11(8,9)10;5*1-2;1-4(2)3/h1-5,11-12H,(H,13,14,15);2*1-6,11H,(H,12,13,14);1-6,11-12H;5*3-7H,1-2H3,(H,11,12);1-4,7H,(H,8,9,10);5*1-2H3;. The lowest BCUT2D eigenvalue weighted by Gasteiger charge is -2.04. The lowest BCUT2D eigenvalue weighted by molar-refractivity contribution is 0.0686. The van der Waals surface area contributed by atoms with Gasteiger partial charge < -0.3 is 61.3 Å². The molecule has 14 rings (SSSR count). The Morgan fingerprint density at radius 2 is 0.469 bits per heavy atom. The summed E-state index contributed by atoms with van der Waals surface area (Å²) < 4.78 is 147. The maximum atomic E-state index is 11.0. The Hall–Kier alpha value is -14.7. The minimum atomic E-state index is -4.31. The van der Waals surface area contributed by atoms with Crippen LogP contribution in [0.15, 0.2) is 305 Å². The van der Waals surface area contributed by atoms with E-state index in [2.05, 4.69) is 69.2 Å². The molecule has 0 heterocycles. The monoisotopic (exact) mass is 2070 g/mol. The van der Waals surface area contributed by atoms with Gasteiger partial charge in [0.25, 0.3) is 40.5 Å². The van der Waals surface area contributed by atoms with Crippen molar-refractivity contribution >= 4 is 124 Å². The number of fused-ring (bicyclic) bond motifs is 4. The van der Waals surface area contributed by atoms with Crippen LogP contribution >= 0.6 is 0 Å². The minimum absolute atomic E-state index is 0.0441. The number of benzene rings is 14. The van der Waals surface area contributed by atoms with E-state index in [4.69, 9.17) is 66.6 Å². The van der Waals surface area contributed by atoms with Crippen molar-refractivity contribution < 1.29 is 150 Å². The van der Waals surface area contributed by atoms with Crippen LogP contribution in [0.3, 0.4) is 0 Å². The molecule has 37 heteroatoms. The smallest absolute Gasteiger partial charge is 0.425 e. The molecule has 143 heavy (non-hydrogen) atoms. The zero-order valence-corrected chi connectivity index (χ0v) is 86.8. The number of phenols is 7. The van der Waals surface area contributed by atoms with Gasteiger partial charge in [-0.25, -0.2) is 24.0 Å². The summed E-state index contributed by atoms with van der Waals surface area (Å²) in [5.41, 5.74) is 7.57. The van der Waals surface area contributed by atoms with E-state index >= 15 is 0 Å². The predicted molar refractivity (Wildman–Crippen MR) is 557 cm³/mol. The molecule has 0 aromatic heterocycles. The van der Waals surface area contributed by atoms with Crippen LogP contribution in [0, 0.1) is 0 Å². The van der Waals surface area contributed by atoms with Crippen molar-refractivity contribution in [1.82, 2.24) is 0 Å². The average Bonchev–Trinajstić information content (AvgIpc) is 0.790. The molecule has 32 nitrogen and oxygen atoms in total. The Bertz CT molecular complexity index is 6570. The van der Waals surface area contributed by atoms with Crippen LogP contribution in [0.5, 0.6) is 40.2 Å². The molecular weight excluding hydrogens is 1950 g/mol. The Kier molecular flexibility index (Phi) is 59.6. The highest BCUT2D eigenvalue weighted by molar-refractivity contribution is 7.86. The fourth-order valence-electron chi connectivity index (χ4n) is 11.2. The van der Waals surface area contributed by atoms with E-state index in [9.17, 15) is 83.2 Å². The zero-order chi connectivity index (χ0) is 110. The molecule has 16 N–H and O–H groups in total. The van der Waals surface area contributed by atoms with Gasteiger partial charge in [-0.1, -0.05) is 260 Å². The van der Waals surface area contributed by atoms with Gasteiger partial charge in [-0.3, -0.25) is 18.2 Å². The van der Waals surface area contributed by atoms with E-state index in [-0.39, 0.29) is 65.2 Å². The van der Waals surface area contributed by atoms with E-state index in [1.165, 1.54) is 113 Å². The van der Waals surface area contributed by atoms with Gasteiger partial charge in [0, 0.05) is 10.8 Å². The summed E-state index contributed by atoms with van der Waals surface area (Å²) in [6.07, 6.45) is 0. The molecule has 14 aromatic carbocycles. The Morgan fingerprint density at radius 1 is 0.231 bits per heavy atom. The number of carboxylic acid groups (broad SMARTS) is 5. The largest absolute Gasteiger partial charge is 0.508 e. The summed E-state index contributed by atoms with van der Waals surface area (Å²) >= 11 is 0. The third-order valence-electron chi connectivity index (χ3n) is 18.5. The first kappa shape index (κ1) is 130. The number of hydrogen-bond acceptors (Lipinski definition) is 23. The lowest BCUT2D eigenvalue weighted by atomic mass is 10.0. The summed E-state index contributed by atoms with van der Waals surface area (Å²) in [6.45, 7) is 40.8. The van der Waals surface area contributed by atoms with E-state index in [1.807, 2.05) is 136 Å². The summed E-state index contributed by atoms with van der Waals surface area (Å²) in [4.78, 5) is 51.5. The van der Waals surface area contributed by atoms with Crippen molar-refractivity contribution in [3.05, 3.63) is 341 Å².